The van der Waals surface area contributed by atoms with E-state index in [1.54, 1.807) is 0 Å². The number of piperazine rings is 1. The number of aromatic amines is 1. The van der Waals surface area contributed by atoms with Gasteiger partial charge in [-0.15, -0.1) is 10.2 Å². The lowest BCUT2D eigenvalue weighted by molar-refractivity contribution is 0.00231. The molecule has 3 fully saturated rings. The Kier molecular flexibility index (Phi) is 7.15. The molecule has 0 radical (unpaired) electrons. The number of carbonyl (C=O) groups is 1. The van der Waals surface area contributed by atoms with Gasteiger partial charge in [0, 0.05) is 78.4 Å². The molecule has 4 aromatic rings. The van der Waals surface area contributed by atoms with Gasteiger partial charge in [-0.1, -0.05) is 0 Å². The molecule has 6 heterocycles. The zero-order valence-corrected chi connectivity index (χ0v) is 26.8. The van der Waals surface area contributed by atoms with Crippen molar-refractivity contribution in [1.29, 1.82) is 0 Å². The molecule has 232 valence electrons. The second kappa shape index (κ2) is 10.9. The van der Waals surface area contributed by atoms with Crippen molar-refractivity contribution in [2.24, 2.45) is 0 Å². The topological polar surface area (TPSA) is 95.4 Å². The van der Waals surface area contributed by atoms with Crippen LogP contribution in [0.5, 0.6) is 0 Å². The molecule has 3 aliphatic rings. The predicted octanol–water partition coefficient (Wildman–Crippen LogP) is 5.96. The largest absolute Gasteiger partial charge is 0.444 e. The van der Waals surface area contributed by atoms with Crippen LogP contribution in [0.15, 0.2) is 36.8 Å². The number of anilines is 1. The lowest BCUT2D eigenvalue weighted by Gasteiger charge is -2.39. The molecule has 3 aromatic heterocycles. The summed E-state index contributed by atoms with van der Waals surface area (Å²) in [6.07, 6.45) is 9.75. The summed E-state index contributed by atoms with van der Waals surface area (Å²) in [5, 5.41) is 15.0. The molecular formula is C34H44N8O2. The molecule has 0 aliphatic carbocycles. The Labute approximate surface area is 259 Å². The Morgan fingerprint density at radius 2 is 1.61 bits per heavy atom. The third-order valence-electron chi connectivity index (χ3n) is 9.64. The van der Waals surface area contributed by atoms with E-state index in [2.05, 4.69) is 75.0 Å². The fourth-order valence-corrected chi connectivity index (χ4v) is 7.59. The quantitative estimate of drug-likeness (QED) is 0.311. The number of fused-ring (bicyclic) bond motifs is 3. The number of likely N-dealkylation sites (N-methyl/N-ethyl adjacent to an activating group) is 1. The first-order valence-electron chi connectivity index (χ1n) is 16.0. The zero-order chi connectivity index (χ0) is 30.7. The highest BCUT2D eigenvalue weighted by Crippen LogP contribution is 2.42. The average molecular weight is 597 g/mol. The summed E-state index contributed by atoms with van der Waals surface area (Å²) in [4.78, 5) is 23.1. The molecule has 2 atom stereocenters. The van der Waals surface area contributed by atoms with Crippen molar-refractivity contribution in [3.8, 4) is 22.4 Å². The fraction of sp³-hybridized carbons (Fsp3) is 0.529. The second-order valence-electron chi connectivity index (χ2n) is 14.1. The molecule has 44 heavy (non-hydrogen) atoms. The van der Waals surface area contributed by atoms with Gasteiger partial charge in [-0.3, -0.25) is 4.68 Å². The van der Waals surface area contributed by atoms with Gasteiger partial charge in [0.25, 0.3) is 0 Å². The summed E-state index contributed by atoms with van der Waals surface area (Å²) in [6, 6.07) is 7.29. The summed E-state index contributed by atoms with van der Waals surface area (Å²) in [7, 11) is 2.19. The van der Waals surface area contributed by atoms with Crippen molar-refractivity contribution in [3.63, 3.8) is 0 Å². The highest BCUT2D eigenvalue weighted by atomic mass is 16.6. The zero-order valence-electron chi connectivity index (χ0n) is 26.8. The summed E-state index contributed by atoms with van der Waals surface area (Å²) in [5.41, 5.74) is 8.24. The Hall–Kier alpha value is -3.92. The van der Waals surface area contributed by atoms with Gasteiger partial charge < -0.3 is 24.4 Å². The van der Waals surface area contributed by atoms with Crippen molar-refractivity contribution in [3.05, 3.63) is 47.9 Å². The number of hydrogen-bond donors (Lipinski definition) is 1. The van der Waals surface area contributed by atoms with Gasteiger partial charge in [0.15, 0.2) is 5.65 Å². The summed E-state index contributed by atoms with van der Waals surface area (Å²) in [6.45, 7) is 14.5. The maximum Gasteiger partial charge on any atom is 0.410 e. The van der Waals surface area contributed by atoms with E-state index >= 15 is 0 Å². The number of benzene rings is 1. The van der Waals surface area contributed by atoms with E-state index in [9.17, 15) is 4.79 Å². The van der Waals surface area contributed by atoms with Gasteiger partial charge in [-0.2, -0.15) is 5.10 Å². The fourth-order valence-electron chi connectivity index (χ4n) is 7.59. The summed E-state index contributed by atoms with van der Waals surface area (Å²) in [5.74, 6) is 0. The van der Waals surface area contributed by atoms with Crippen LogP contribution in [-0.4, -0.2) is 91.8 Å². The van der Waals surface area contributed by atoms with Crippen LogP contribution in [0.25, 0.3) is 33.4 Å². The van der Waals surface area contributed by atoms with Crippen LogP contribution in [0.1, 0.15) is 63.6 Å². The molecule has 1 N–H and O–H groups in total. The molecule has 3 aliphatic heterocycles. The van der Waals surface area contributed by atoms with Crippen LogP contribution in [0, 0.1) is 13.8 Å². The Balaban J connectivity index is 1.12. The third-order valence-corrected chi connectivity index (χ3v) is 9.64. The first-order chi connectivity index (χ1) is 21.0. The van der Waals surface area contributed by atoms with E-state index in [0.717, 1.165) is 85.3 Å². The number of ether oxygens (including phenoxy) is 1. The van der Waals surface area contributed by atoms with Gasteiger partial charge >= 0.3 is 6.09 Å². The van der Waals surface area contributed by atoms with Crippen molar-refractivity contribution in [1.82, 2.24) is 34.8 Å². The average Bonchev–Trinajstić information content (AvgIpc) is 3.68. The smallest absolute Gasteiger partial charge is 0.410 e. The van der Waals surface area contributed by atoms with Crippen LogP contribution in [-0.2, 0) is 4.74 Å². The number of nitrogens with one attached hydrogen (secondary N) is 1. The highest BCUT2D eigenvalue weighted by Gasteiger charge is 2.45. The third kappa shape index (κ3) is 5.33. The standard InChI is InChI=1S/C34H44N8O2/c1-21-13-23(14-22(2)31(21)40-11-9-39(6)10-12-40)30-17-28-29(19-35-32(28)38-37-30)24-18-36-41(20-24)27-15-25-7-8-26(16-27)42(25)33(43)44-34(3,4)5/h13-14,17-20,25-27H,7-12,15-16H2,1-6H3,(H,35,38). The van der Waals surface area contributed by atoms with E-state index in [1.807, 2.05) is 38.1 Å². The second-order valence-corrected chi connectivity index (χ2v) is 14.1. The molecule has 1 amide bonds. The number of carbonyl (C=O) groups excluding carboxylic acids is 1. The normalized spacial score (nSPS) is 22.6. The van der Waals surface area contributed by atoms with Crippen LogP contribution >= 0.6 is 0 Å². The van der Waals surface area contributed by atoms with E-state index in [0.29, 0.717) is 0 Å². The predicted molar refractivity (Wildman–Crippen MR) is 173 cm³/mol. The van der Waals surface area contributed by atoms with Crippen molar-refractivity contribution >= 4 is 22.8 Å². The van der Waals surface area contributed by atoms with Gasteiger partial charge in [0.1, 0.15) is 5.60 Å². The molecule has 1 aromatic carbocycles. The Morgan fingerprint density at radius 3 is 2.27 bits per heavy atom. The number of aryl methyl sites for hydroxylation is 2. The lowest BCUT2D eigenvalue weighted by Crippen LogP contribution is -2.48. The van der Waals surface area contributed by atoms with E-state index in [1.165, 1.54) is 16.8 Å². The monoisotopic (exact) mass is 596 g/mol. The Bertz CT molecular complexity index is 1660. The molecule has 0 saturated carbocycles. The number of H-pyrrole nitrogens is 1. The number of rotatable bonds is 4. The summed E-state index contributed by atoms with van der Waals surface area (Å²) < 4.78 is 7.83. The minimum absolute atomic E-state index is 0.181. The number of hydrogen-bond acceptors (Lipinski definition) is 7. The minimum Gasteiger partial charge on any atom is -0.444 e. The van der Waals surface area contributed by atoms with E-state index < -0.39 is 5.60 Å². The van der Waals surface area contributed by atoms with Gasteiger partial charge in [0.05, 0.1) is 17.9 Å². The maximum atomic E-state index is 12.9. The van der Waals surface area contributed by atoms with Gasteiger partial charge in [-0.05, 0) is 96.7 Å². The lowest BCUT2D eigenvalue weighted by atomic mass is 9.98. The molecule has 2 bridgehead atoms. The SMILES string of the molecule is Cc1cc(-c2cc3c(-c4cnn(C5CC6CCC(C5)N6C(=O)OC(C)(C)C)c4)c[nH]c3nn2)cc(C)c1N1CCN(C)CC1. The number of piperidine rings is 1. The molecule has 10 nitrogen and oxygen atoms in total. The first-order valence-corrected chi connectivity index (χ1v) is 16.0. The van der Waals surface area contributed by atoms with Gasteiger partial charge in [0.2, 0.25) is 0 Å². The highest BCUT2D eigenvalue weighted by molar-refractivity contribution is 5.95. The van der Waals surface area contributed by atoms with Crippen LogP contribution in [0.2, 0.25) is 0 Å². The van der Waals surface area contributed by atoms with Crippen LogP contribution in [0.4, 0.5) is 10.5 Å². The maximum absolute atomic E-state index is 12.9. The first kappa shape index (κ1) is 28.8. The molecule has 7 rings (SSSR count). The molecule has 0 spiro atoms. The van der Waals surface area contributed by atoms with E-state index in [4.69, 9.17) is 9.84 Å². The molecule has 2 unspecified atom stereocenters. The molecule has 10 heteroatoms. The van der Waals surface area contributed by atoms with Gasteiger partial charge in [-0.25, -0.2) is 4.79 Å². The minimum atomic E-state index is -0.487. The number of aromatic nitrogens is 5. The molecular weight excluding hydrogens is 552 g/mol. The van der Waals surface area contributed by atoms with E-state index in [-0.39, 0.29) is 24.2 Å². The Morgan fingerprint density at radius 1 is 0.932 bits per heavy atom. The summed E-state index contributed by atoms with van der Waals surface area (Å²) >= 11 is 0. The number of nitrogens with zero attached hydrogens (tertiary/aromatic N) is 7. The van der Waals surface area contributed by atoms with Crippen molar-refractivity contribution in [2.75, 3.05) is 38.1 Å². The van der Waals surface area contributed by atoms with Crippen LogP contribution < -0.4 is 4.90 Å². The molecule has 3 saturated heterocycles. The van der Waals surface area contributed by atoms with Crippen molar-refractivity contribution in [2.45, 2.75) is 84.0 Å². The van der Waals surface area contributed by atoms with Crippen molar-refractivity contribution < 1.29 is 9.53 Å². The number of amides is 1. The van der Waals surface area contributed by atoms with Crippen LogP contribution in [0.3, 0.4) is 0 Å².